The molecule has 0 spiro atoms. The van der Waals surface area contributed by atoms with E-state index in [1.165, 1.54) is 18.4 Å². The Morgan fingerprint density at radius 1 is 1.11 bits per heavy atom. The van der Waals surface area contributed by atoms with Gasteiger partial charge in [-0.05, 0) is 49.7 Å². The van der Waals surface area contributed by atoms with Crippen molar-refractivity contribution in [1.29, 1.82) is 5.41 Å². The van der Waals surface area contributed by atoms with E-state index in [0.717, 1.165) is 24.3 Å². The van der Waals surface area contributed by atoms with Gasteiger partial charge in [-0.2, -0.15) is 0 Å². The maximum atomic E-state index is 13.1. The fourth-order valence-corrected chi connectivity index (χ4v) is 4.92. The van der Waals surface area contributed by atoms with Crippen LogP contribution in [0.2, 0.25) is 5.02 Å². The molecule has 0 atom stereocenters. The smallest absolute Gasteiger partial charge is 0.341 e. The van der Waals surface area contributed by atoms with Crippen molar-refractivity contribution >= 4 is 56.5 Å². The first-order chi connectivity index (χ1) is 16.9. The molecule has 4 aromatic rings. The van der Waals surface area contributed by atoms with Crippen molar-refractivity contribution in [3.8, 4) is 11.1 Å². The molecule has 2 aromatic heterocycles. The zero-order chi connectivity index (χ0) is 25.1. The van der Waals surface area contributed by atoms with Gasteiger partial charge in [-0.1, -0.05) is 23.7 Å². The predicted molar refractivity (Wildman–Crippen MR) is 140 cm³/mol. The lowest BCUT2D eigenvalue weighted by Crippen LogP contribution is -2.22. The number of thiophene rings is 1. The quantitative estimate of drug-likeness (QED) is 0.290. The second-order valence-corrected chi connectivity index (χ2v) is 9.01. The number of anilines is 2. The molecule has 0 fully saturated rings. The van der Waals surface area contributed by atoms with Gasteiger partial charge in [0.2, 0.25) is 5.55 Å². The molecule has 0 radical (unpaired) electrons. The molecule has 2 aromatic carbocycles. The number of ether oxygens (including phenoxy) is 1. The highest BCUT2D eigenvalue weighted by molar-refractivity contribution is 7.15. The molecular weight excluding hydrogens is 486 g/mol. The molecule has 0 aliphatic rings. The largest absolute Gasteiger partial charge is 0.465 e. The molecule has 0 aliphatic heterocycles. The molecule has 7 nitrogen and oxygen atoms in total. The Morgan fingerprint density at radius 3 is 2.49 bits per heavy atom. The van der Waals surface area contributed by atoms with Crippen molar-refractivity contribution < 1.29 is 18.7 Å². The van der Waals surface area contributed by atoms with E-state index in [4.69, 9.17) is 26.2 Å². The van der Waals surface area contributed by atoms with Crippen molar-refractivity contribution in [2.45, 2.75) is 13.8 Å². The summed E-state index contributed by atoms with van der Waals surface area (Å²) in [6.07, 6.45) is 0. The Hall–Kier alpha value is -3.62. The highest BCUT2D eigenvalue weighted by Crippen LogP contribution is 2.37. The lowest BCUT2D eigenvalue weighted by atomic mass is 10.0. The van der Waals surface area contributed by atoms with Crippen LogP contribution in [0, 0.1) is 5.41 Å². The summed E-state index contributed by atoms with van der Waals surface area (Å²) in [5.74, 6) is -1.13. The Balaban J connectivity index is 1.69. The number of nitrogens with zero attached hydrogens (tertiary/aromatic N) is 1. The number of hydrogen-bond acceptors (Lipinski definition) is 7. The van der Waals surface area contributed by atoms with Crippen LogP contribution in [0.3, 0.4) is 0 Å². The molecule has 180 valence electrons. The van der Waals surface area contributed by atoms with E-state index in [1.807, 2.05) is 18.2 Å². The molecular formula is C26H24ClN3O4S. The second kappa shape index (κ2) is 10.3. The minimum atomic E-state index is -0.579. The van der Waals surface area contributed by atoms with Crippen molar-refractivity contribution in [3.63, 3.8) is 0 Å². The molecule has 0 saturated heterocycles. The third-order valence-corrected chi connectivity index (χ3v) is 6.84. The lowest BCUT2D eigenvalue weighted by molar-refractivity contribution is 0.0603. The van der Waals surface area contributed by atoms with Crippen LogP contribution in [0.25, 0.3) is 22.1 Å². The van der Waals surface area contributed by atoms with Gasteiger partial charge in [0, 0.05) is 46.2 Å². The van der Waals surface area contributed by atoms with E-state index in [2.05, 4.69) is 24.1 Å². The molecule has 2 heterocycles. The van der Waals surface area contributed by atoms with Gasteiger partial charge in [0.05, 0.1) is 7.11 Å². The number of carbonyl (C=O) groups excluding carboxylic acids is 2. The van der Waals surface area contributed by atoms with Gasteiger partial charge in [0.1, 0.15) is 21.7 Å². The zero-order valence-corrected chi connectivity index (χ0v) is 21.0. The minimum absolute atomic E-state index is 0.0605. The van der Waals surface area contributed by atoms with E-state index in [0.29, 0.717) is 26.6 Å². The Labute approximate surface area is 211 Å². The zero-order valence-electron chi connectivity index (χ0n) is 19.5. The maximum absolute atomic E-state index is 13.1. The topological polar surface area (TPSA) is 95.6 Å². The Kier molecular flexibility index (Phi) is 7.23. The second-order valence-electron chi connectivity index (χ2n) is 7.69. The number of benzene rings is 2. The fourth-order valence-electron chi connectivity index (χ4n) is 3.84. The van der Waals surface area contributed by atoms with E-state index in [-0.39, 0.29) is 16.7 Å². The monoisotopic (exact) mass is 509 g/mol. The summed E-state index contributed by atoms with van der Waals surface area (Å²) >= 11 is 7.19. The van der Waals surface area contributed by atoms with E-state index < -0.39 is 11.9 Å². The summed E-state index contributed by atoms with van der Waals surface area (Å²) in [7, 11) is 1.29. The van der Waals surface area contributed by atoms with Gasteiger partial charge < -0.3 is 19.4 Å². The van der Waals surface area contributed by atoms with Gasteiger partial charge in [-0.25, -0.2) is 4.79 Å². The van der Waals surface area contributed by atoms with Gasteiger partial charge in [-0.3, -0.25) is 10.2 Å². The minimum Gasteiger partial charge on any atom is -0.465 e. The lowest BCUT2D eigenvalue weighted by Gasteiger charge is -2.21. The predicted octanol–water partition coefficient (Wildman–Crippen LogP) is 6.18. The number of esters is 1. The van der Waals surface area contributed by atoms with Crippen LogP contribution >= 0.6 is 22.9 Å². The van der Waals surface area contributed by atoms with Crippen molar-refractivity contribution in [3.05, 3.63) is 75.6 Å². The van der Waals surface area contributed by atoms with Gasteiger partial charge in [0.15, 0.2) is 0 Å². The number of fused-ring (bicyclic) bond motifs is 1. The molecule has 9 heteroatoms. The number of rotatable bonds is 7. The molecule has 0 bridgehead atoms. The van der Waals surface area contributed by atoms with Crippen LogP contribution in [0.1, 0.15) is 34.6 Å². The number of carbonyl (C=O) groups is 2. The summed E-state index contributed by atoms with van der Waals surface area (Å²) in [4.78, 5) is 27.9. The third-order valence-electron chi connectivity index (χ3n) is 5.69. The summed E-state index contributed by atoms with van der Waals surface area (Å²) in [5, 5.41) is 14.4. The van der Waals surface area contributed by atoms with Crippen LogP contribution in [0.4, 0.5) is 10.7 Å². The number of amides is 1. The molecule has 0 unspecified atom stereocenters. The fraction of sp³-hybridized carbons (Fsp3) is 0.192. The van der Waals surface area contributed by atoms with Crippen LogP contribution in [0.5, 0.6) is 0 Å². The summed E-state index contributed by atoms with van der Waals surface area (Å²) < 4.78 is 10.7. The highest BCUT2D eigenvalue weighted by atomic mass is 35.5. The molecule has 0 aliphatic carbocycles. The summed E-state index contributed by atoms with van der Waals surface area (Å²) in [6.45, 7) is 5.83. The van der Waals surface area contributed by atoms with E-state index >= 15 is 0 Å². The first-order valence-electron chi connectivity index (χ1n) is 11.0. The molecule has 0 saturated carbocycles. The van der Waals surface area contributed by atoms with Crippen molar-refractivity contribution in [2.75, 3.05) is 30.4 Å². The van der Waals surface area contributed by atoms with Crippen molar-refractivity contribution in [2.24, 2.45) is 0 Å². The third kappa shape index (κ3) is 4.94. The standard InChI is InChI=1S/C26H24ClN3O4S/c1-4-30(5-2)18-11-8-16-12-19(23(28)34-21(16)13-18)24(31)29-25-22(26(32)33-3)20(14-35-25)15-6-9-17(27)10-7-15/h6-14,28H,4-5H2,1-3H3,(H,29,31). The van der Waals surface area contributed by atoms with Gasteiger partial charge >= 0.3 is 5.97 Å². The highest BCUT2D eigenvalue weighted by Gasteiger charge is 2.23. The first kappa shape index (κ1) is 24.5. The van der Waals surface area contributed by atoms with Crippen LogP contribution in [0.15, 0.2) is 58.3 Å². The number of nitrogens with one attached hydrogen (secondary N) is 2. The van der Waals surface area contributed by atoms with Gasteiger partial charge in [-0.15, -0.1) is 11.3 Å². The Bertz CT molecular complexity index is 1460. The molecule has 4 rings (SSSR count). The normalized spacial score (nSPS) is 10.9. The van der Waals surface area contributed by atoms with Crippen LogP contribution in [-0.2, 0) is 4.74 Å². The number of halogens is 1. The summed E-state index contributed by atoms with van der Waals surface area (Å²) in [5.41, 5.74) is 2.92. The molecule has 2 N–H and O–H groups in total. The average molecular weight is 510 g/mol. The van der Waals surface area contributed by atoms with Crippen LogP contribution < -0.4 is 15.8 Å². The Morgan fingerprint density at radius 2 is 1.83 bits per heavy atom. The average Bonchev–Trinajstić information content (AvgIpc) is 3.27. The first-order valence-corrected chi connectivity index (χ1v) is 12.3. The number of methoxy groups -OCH3 is 1. The van der Waals surface area contributed by atoms with Gasteiger partial charge in [0.25, 0.3) is 5.91 Å². The van der Waals surface area contributed by atoms with Crippen LogP contribution in [-0.4, -0.2) is 32.1 Å². The maximum Gasteiger partial charge on any atom is 0.341 e. The molecule has 35 heavy (non-hydrogen) atoms. The van der Waals surface area contributed by atoms with E-state index in [9.17, 15) is 9.59 Å². The SMILES string of the molecule is CCN(CC)c1ccc2cc(C(=O)Nc3scc(-c4ccc(Cl)cc4)c3C(=O)OC)c(=N)oc2c1. The summed E-state index contributed by atoms with van der Waals surface area (Å²) in [6, 6.07) is 14.3. The van der Waals surface area contributed by atoms with Crippen molar-refractivity contribution in [1.82, 2.24) is 0 Å². The number of hydrogen-bond donors (Lipinski definition) is 2. The van der Waals surface area contributed by atoms with E-state index in [1.54, 1.807) is 35.7 Å². The molecule has 1 amide bonds.